The summed E-state index contributed by atoms with van der Waals surface area (Å²) in [4.78, 5) is 25.8. The standard InChI is InChI=1S/C33H25N3O2/c37-32-25-12-3-7-16-30(25)36(31-17-8-4-13-26(31)32)19-9-18-35-21-22(23-10-2-6-15-29(23)35)20-27-24-11-1-5-14-28(24)34-33(27)38/h1-8,10-17,20-21H,9,18-19H2,(H,34,38)/b27-20-. The summed E-state index contributed by atoms with van der Waals surface area (Å²) in [5, 5.41) is 5.59. The monoisotopic (exact) mass is 495 g/mol. The van der Waals surface area contributed by atoms with Crippen LogP contribution in [-0.4, -0.2) is 15.0 Å². The minimum Gasteiger partial charge on any atom is -0.347 e. The van der Waals surface area contributed by atoms with Crippen molar-refractivity contribution in [2.75, 3.05) is 5.32 Å². The average molecular weight is 496 g/mol. The Bertz CT molecular complexity index is 1920. The molecule has 184 valence electrons. The zero-order valence-electron chi connectivity index (χ0n) is 20.7. The molecule has 0 bridgehead atoms. The van der Waals surface area contributed by atoms with Gasteiger partial charge in [0.25, 0.3) is 5.91 Å². The fourth-order valence-electron chi connectivity index (χ4n) is 5.73. The van der Waals surface area contributed by atoms with Gasteiger partial charge in [0.1, 0.15) is 0 Å². The summed E-state index contributed by atoms with van der Waals surface area (Å²) in [5.41, 5.74) is 6.66. The number of nitrogens with zero attached hydrogens (tertiary/aromatic N) is 2. The van der Waals surface area contributed by atoms with Gasteiger partial charge in [-0.05, 0) is 48.9 Å². The molecule has 1 amide bonds. The van der Waals surface area contributed by atoms with E-state index in [2.05, 4.69) is 38.8 Å². The van der Waals surface area contributed by atoms with E-state index in [9.17, 15) is 9.59 Å². The van der Waals surface area contributed by atoms with Crippen molar-refractivity contribution in [1.82, 2.24) is 9.13 Å². The summed E-state index contributed by atoms with van der Waals surface area (Å²) in [5.74, 6) is -0.0694. The summed E-state index contributed by atoms with van der Waals surface area (Å²) < 4.78 is 4.54. The van der Waals surface area contributed by atoms with Gasteiger partial charge in [-0.1, -0.05) is 60.7 Å². The molecule has 0 saturated carbocycles. The van der Waals surface area contributed by atoms with Crippen LogP contribution in [0.3, 0.4) is 0 Å². The Labute approximate surface area is 219 Å². The van der Waals surface area contributed by atoms with Gasteiger partial charge >= 0.3 is 0 Å². The number of nitrogens with one attached hydrogen (secondary N) is 1. The zero-order valence-corrected chi connectivity index (χ0v) is 20.7. The number of rotatable bonds is 5. The Morgan fingerprint density at radius 1 is 0.658 bits per heavy atom. The second kappa shape index (κ2) is 8.89. The molecule has 7 rings (SSSR count). The van der Waals surface area contributed by atoms with Gasteiger partial charge in [-0.3, -0.25) is 9.59 Å². The van der Waals surface area contributed by atoms with Crippen LogP contribution in [0.5, 0.6) is 0 Å². The van der Waals surface area contributed by atoms with E-state index in [0.29, 0.717) is 5.57 Å². The average Bonchev–Trinajstić information content (AvgIpc) is 3.47. The van der Waals surface area contributed by atoms with E-state index in [1.807, 2.05) is 84.9 Å². The number of carbonyl (C=O) groups excluding carboxylic acids is 1. The lowest BCUT2D eigenvalue weighted by molar-refractivity contribution is -0.110. The van der Waals surface area contributed by atoms with Crippen molar-refractivity contribution in [3.63, 3.8) is 0 Å². The number of aromatic nitrogens is 2. The maximum absolute atomic E-state index is 13.1. The molecule has 0 radical (unpaired) electrons. The SMILES string of the molecule is O=C1Nc2ccccc2/C1=C/c1cn(CCCn2c3ccccc3c(=O)c3ccccc32)c2ccccc12. The molecule has 0 spiro atoms. The molecule has 0 aliphatic carbocycles. The molecule has 1 N–H and O–H groups in total. The van der Waals surface area contributed by atoms with Gasteiger partial charge < -0.3 is 14.5 Å². The fourth-order valence-corrected chi connectivity index (χ4v) is 5.73. The summed E-state index contributed by atoms with van der Waals surface area (Å²) in [6, 6.07) is 31.9. The lowest BCUT2D eigenvalue weighted by Crippen LogP contribution is -2.12. The van der Waals surface area contributed by atoms with E-state index in [1.165, 1.54) is 0 Å². The van der Waals surface area contributed by atoms with E-state index >= 15 is 0 Å². The van der Waals surface area contributed by atoms with Crippen molar-refractivity contribution in [2.45, 2.75) is 19.5 Å². The highest BCUT2D eigenvalue weighted by Crippen LogP contribution is 2.34. The molecule has 5 heteroatoms. The molecule has 3 heterocycles. The Kier molecular flexibility index (Phi) is 5.22. The summed E-state index contributed by atoms with van der Waals surface area (Å²) in [6.45, 7) is 1.58. The van der Waals surface area contributed by atoms with Gasteiger partial charge in [0.2, 0.25) is 0 Å². The maximum atomic E-state index is 13.1. The lowest BCUT2D eigenvalue weighted by atomic mass is 10.0. The summed E-state index contributed by atoms with van der Waals surface area (Å²) in [7, 11) is 0. The third-order valence-electron chi connectivity index (χ3n) is 7.49. The first-order chi connectivity index (χ1) is 18.7. The van der Waals surface area contributed by atoms with Crippen LogP contribution in [0, 0.1) is 0 Å². The minimum atomic E-state index is -0.0694. The predicted octanol–water partition coefficient (Wildman–Crippen LogP) is 6.69. The van der Waals surface area contributed by atoms with Gasteiger partial charge in [0.15, 0.2) is 5.43 Å². The topological polar surface area (TPSA) is 56.0 Å². The zero-order chi connectivity index (χ0) is 25.6. The number of amides is 1. The Morgan fingerprint density at radius 3 is 2.00 bits per heavy atom. The van der Waals surface area contributed by atoms with Crippen LogP contribution in [0.2, 0.25) is 0 Å². The van der Waals surface area contributed by atoms with E-state index in [0.717, 1.165) is 69.0 Å². The molecular formula is C33H25N3O2. The number of aryl methyl sites for hydroxylation is 2. The van der Waals surface area contributed by atoms with Crippen molar-refractivity contribution in [1.29, 1.82) is 0 Å². The van der Waals surface area contributed by atoms with Crippen molar-refractivity contribution in [3.8, 4) is 0 Å². The number of pyridine rings is 1. The molecule has 38 heavy (non-hydrogen) atoms. The number of benzene rings is 4. The lowest BCUT2D eigenvalue weighted by Gasteiger charge is -2.15. The number of fused-ring (bicyclic) bond motifs is 4. The van der Waals surface area contributed by atoms with Crippen molar-refractivity contribution >= 4 is 56.0 Å². The molecule has 0 fully saturated rings. The van der Waals surface area contributed by atoms with Crippen LogP contribution < -0.4 is 10.7 Å². The molecule has 6 aromatic rings. The number of carbonyl (C=O) groups is 1. The van der Waals surface area contributed by atoms with Gasteiger partial charge in [-0.15, -0.1) is 0 Å². The summed E-state index contributed by atoms with van der Waals surface area (Å²) in [6.07, 6.45) is 5.03. The third kappa shape index (κ3) is 3.55. The van der Waals surface area contributed by atoms with Gasteiger partial charge in [-0.2, -0.15) is 0 Å². The quantitative estimate of drug-likeness (QED) is 0.214. The Morgan fingerprint density at radius 2 is 1.26 bits per heavy atom. The van der Waals surface area contributed by atoms with Crippen LogP contribution >= 0.6 is 0 Å². The van der Waals surface area contributed by atoms with Gasteiger partial charge in [0, 0.05) is 63.3 Å². The van der Waals surface area contributed by atoms with Crippen molar-refractivity contribution in [2.24, 2.45) is 0 Å². The number of hydrogen-bond acceptors (Lipinski definition) is 2. The van der Waals surface area contributed by atoms with E-state index in [1.54, 1.807) is 0 Å². The number of anilines is 1. The smallest absolute Gasteiger partial charge is 0.256 e. The molecule has 4 aromatic carbocycles. The van der Waals surface area contributed by atoms with Crippen LogP contribution in [-0.2, 0) is 17.9 Å². The molecule has 5 nitrogen and oxygen atoms in total. The van der Waals surface area contributed by atoms with Crippen molar-refractivity contribution < 1.29 is 4.79 Å². The first-order valence-electron chi connectivity index (χ1n) is 12.9. The highest BCUT2D eigenvalue weighted by Gasteiger charge is 2.24. The second-order valence-electron chi connectivity index (χ2n) is 9.72. The Balaban J connectivity index is 1.25. The second-order valence-corrected chi connectivity index (χ2v) is 9.72. The van der Waals surface area contributed by atoms with Crippen LogP contribution in [0.15, 0.2) is 108 Å². The van der Waals surface area contributed by atoms with Crippen molar-refractivity contribution in [3.05, 3.63) is 125 Å². The molecule has 0 unspecified atom stereocenters. The minimum absolute atomic E-state index is 0.0694. The highest BCUT2D eigenvalue weighted by atomic mass is 16.2. The van der Waals surface area contributed by atoms with Crippen LogP contribution in [0.25, 0.3) is 44.4 Å². The molecular weight excluding hydrogens is 470 g/mol. The van der Waals surface area contributed by atoms with Crippen LogP contribution in [0.1, 0.15) is 17.5 Å². The highest BCUT2D eigenvalue weighted by molar-refractivity contribution is 6.35. The van der Waals surface area contributed by atoms with Gasteiger partial charge in [0.05, 0.1) is 11.0 Å². The fraction of sp³-hybridized carbons (Fsp3) is 0.0909. The van der Waals surface area contributed by atoms with E-state index < -0.39 is 0 Å². The normalized spacial score (nSPS) is 14.0. The van der Waals surface area contributed by atoms with Crippen LogP contribution in [0.4, 0.5) is 5.69 Å². The largest absolute Gasteiger partial charge is 0.347 e. The first-order valence-corrected chi connectivity index (χ1v) is 12.9. The molecule has 2 aromatic heterocycles. The molecule has 0 atom stereocenters. The van der Waals surface area contributed by atoms with E-state index in [-0.39, 0.29) is 11.3 Å². The summed E-state index contributed by atoms with van der Waals surface area (Å²) >= 11 is 0. The third-order valence-corrected chi connectivity index (χ3v) is 7.49. The van der Waals surface area contributed by atoms with Gasteiger partial charge in [-0.25, -0.2) is 0 Å². The molecule has 1 aliphatic rings. The number of hydrogen-bond donors (Lipinski definition) is 1. The molecule has 0 saturated heterocycles. The molecule has 1 aliphatic heterocycles. The number of para-hydroxylation sites is 4. The van der Waals surface area contributed by atoms with E-state index in [4.69, 9.17) is 0 Å². The maximum Gasteiger partial charge on any atom is 0.256 e. The Hall–Kier alpha value is -4.90. The predicted molar refractivity (Wildman–Crippen MR) is 155 cm³/mol. The first kappa shape index (κ1) is 22.3.